The molecule has 0 saturated heterocycles. The molecule has 2 atom stereocenters. The van der Waals surface area contributed by atoms with Crippen LogP contribution >= 0.6 is 11.6 Å². The number of nitrogens with one attached hydrogen (secondary N) is 4. The molecule has 1 fully saturated rings. The van der Waals surface area contributed by atoms with E-state index in [0.717, 1.165) is 35.6 Å². The van der Waals surface area contributed by atoms with Crippen LogP contribution in [0.15, 0.2) is 54.6 Å². The molecular weight excluding hydrogens is 564 g/mol. The molecule has 0 aromatic heterocycles. The third-order valence-electron chi connectivity index (χ3n) is 7.68. The lowest BCUT2D eigenvalue weighted by atomic mass is 9.94. The van der Waals surface area contributed by atoms with Crippen LogP contribution in [0, 0.1) is 5.92 Å². The Balaban J connectivity index is 0.000000480. The Kier molecular flexibility index (Phi) is 13.5. The molecule has 1 aliphatic carbocycles. The lowest BCUT2D eigenvalue weighted by Gasteiger charge is -2.32. The van der Waals surface area contributed by atoms with Crippen molar-refractivity contribution in [1.82, 2.24) is 21.3 Å². The summed E-state index contributed by atoms with van der Waals surface area (Å²) < 4.78 is 5.97. The largest absolute Gasteiger partial charge is 0.492 e. The van der Waals surface area contributed by atoms with Crippen LogP contribution in [0.3, 0.4) is 0 Å². The number of amides is 3. The zero-order valence-electron chi connectivity index (χ0n) is 25.9. The van der Waals surface area contributed by atoms with Gasteiger partial charge in [0.1, 0.15) is 23.9 Å². The summed E-state index contributed by atoms with van der Waals surface area (Å²) in [5.41, 5.74) is 1.21. The number of benzene rings is 2. The summed E-state index contributed by atoms with van der Waals surface area (Å²) in [7, 11) is 0. The van der Waals surface area contributed by atoms with E-state index >= 15 is 0 Å². The summed E-state index contributed by atoms with van der Waals surface area (Å²) >= 11 is 5.72. The van der Waals surface area contributed by atoms with E-state index in [9.17, 15) is 14.4 Å². The number of rotatable bonds is 3. The van der Waals surface area contributed by atoms with Crippen molar-refractivity contribution in [3.63, 3.8) is 0 Å². The number of para-hydroxylation sites is 1. The van der Waals surface area contributed by atoms with Crippen molar-refractivity contribution in [2.24, 2.45) is 5.92 Å². The second-order valence-electron chi connectivity index (χ2n) is 11.6. The van der Waals surface area contributed by atoms with Crippen molar-refractivity contribution in [2.75, 3.05) is 19.7 Å². The van der Waals surface area contributed by atoms with Crippen LogP contribution in [0.1, 0.15) is 70.9 Å². The van der Waals surface area contributed by atoms with Gasteiger partial charge in [-0.2, -0.15) is 0 Å². The van der Waals surface area contributed by atoms with Gasteiger partial charge in [-0.3, -0.25) is 14.4 Å². The van der Waals surface area contributed by atoms with Gasteiger partial charge in [0.25, 0.3) is 0 Å². The predicted octanol–water partition coefficient (Wildman–Crippen LogP) is 5.05. The number of hydrogen-bond acceptors (Lipinski definition) is 5. The Morgan fingerprint density at radius 2 is 1.77 bits per heavy atom. The zero-order valence-corrected chi connectivity index (χ0v) is 26.6. The maximum absolute atomic E-state index is 13.3. The topological polar surface area (TPSA) is 109 Å². The molecule has 2 aliphatic rings. The smallest absolute Gasteiger partial charge is 0.246 e. The van der Waals surface area contributed by atoms with Gasteiger partial charge in [-0.05, 0) is 62.3 Å². The first kappa shape index (κ1) is 34.1. The minimum atomic E-state index is -0.983. The summed E-state index contributed by atoms with van der Waals surface area (Å²) in [5, 5.41) is 12.9. The fourth-order valence-corrected chi connectivity index (χ4v) is 5.48. The molecule has 1 heterocycles. The van der Waals surface area contributed by atoms with Gasteiger partial charge >= 0.3 is 0 Å². The number of carbonyl (C=O) groups is 3. The monoisotopic (exact) mass is 610 g/mol. The van der Waals surface area contributed by atoms with E-state index in [4.69, 9.17) is 16.3 Å². The van der Waals surface area contributed by atoms with Crippen molar-refractivity contribution in [3.8, 4) is 5.75 Å². The lowest BCUT2D eigenvalue weighted by Crippen LogP contribution is -2.62. The normalized spacial score (nSPS) is 22.0. The van der Waals surface area contributed by atoms with E-state index in [2.05, 4.69) is 48.1 Å². The Morgan fingerprint density at radius 3 is 2.44 bits per heavy atom. The molecule has 2 unspecified atom stereocenters. The minimum Gasteiger partial charge on any atom is -0.492 e. The Bertz CT molecular complexity index is 1240. The van der Waals surface area contributed by atoms with Gasteiger partial charge < -0.3 is 26.0 Å². The molecule has 0 radical (unpaired) electrons. The fourth-order valence-electron chi connectivity index (χ4n) is 5.26. The van der Waals surface area contributed by atoms with Crippen molar-refractivity contribution in [3.05, 3.63) is 70.8 Å². The lowest BCUT2D eigenvalue weighted by molar-refractivity contribution is -0.136. The number of ether oxygens (including phenoxy) is 1. The summed E-state index contributed by atoms with van der Waals surface area (Å²) in [5.74, 6) is 0.279. The van der Waals surface area contributed by atoms with E-state index in [0.29, 0.717) is 44.9 Å². The highest BCUT2D eigenvalue weighted by atomic mass is 35.5. The molecule has 2 aromatic carbocycles. The van der Waals surface area contributed by atoms with Crippen LogP contribution in [-0.2, 0) is 20.8 Å². The molecule has 8 nitrogen and oxygen atoms in total. The van der Waals surface area contributed by atoms with Gasteiger partial charge in [0, 0.05) is 23.7 Å². The molecule has 4 rings (SSSR count). The van der Waals surface area contributed by atoms with Crippen LogP contribution in [0.5, 0.6) is 5.75 Å². The van der Waals surface area contributed by atoms with E-state index < -0.39 is 17.6 Å². The van der Waals surface area contributed by atoms with E-state index in [1.807, 2.05) is 54.6 Å². The van der Waals surface area contributed by atoms with E-state index in [-0.39, 0.29) is 17.7 Å². The number of hydrogen-bond donors (Lipinski definition) is 4. The van der Waals surface area contributed by atoms with Crippen LogP contribution < -0.4 is 26.0 Å². The molecule has 234 valence electrons. The molecule has 3 amide bonds. The number of halogens is 1. The predicted molar refractivity (Wildman–Crippen MR) is 173 cm³/mol. The van der Waals surface area contributed by atoms with Crippen LogP contribution in [0.25, 0.3) is 6.08 Å². The highest BCUT2D eigenvalue weighted by Gasteiger charge is 2.44. The van der Waals surface area contributed by atoms with Crippen molar-refractivity contribution in [2.45, 2.75) is 83.8 Å². The maximum atomic E-state index is 13.3. The minimum absolute atomic E-state index is 0.188. The third kappa shape index (κ3) is 10.7. The van der Waals surface area contributed by atoms with Gasteiger partial charge in [-0.25, -0.2) is 0 Å². The van der Waals surface area contributed by atoms with Crippen molar-refractivity contribution in [1.29, 1.82) is 0 Å². The fraction of sp³-hybridized carbons (Fsp3) is 0.500. The molecule has 43 heavy (non-hydrogen) atoms. The van der Waals surface area contributed by atoms with Crippen LogP contribution in [0.4, 0.5) is 0 Å². The highest BCUT2D eigenvalue weighted by molar-refractivity contribution is 6.30. The SMILES string of the molecule is CC(C)CC1NCCOc2ccccc2/C=C/CNC(=O)C(C)NC(=O)C2(CCCC2)NC1=O.CCc1cccc(Cl)c1. The van der Waals surface area contributed by atoms with Crippen LogP contribution in [-0.4, -0.2) is 55.0 Å². The van der Waals surface area contributed by atoms with Gasteiger partial charge in [-0.1, -0.05) is 87.7 Å². The van der Waals surface area contributed by atoms with Crippen molar-refractivity contribution >= 4 is 35.4 Å². The van der Waals surface area contributed by atoms with Crippen LogP contribution in [0.2, 0.25) is 5.02 Å². The maximum Gasteiger partial charge on any atom is 0.246 e. The average Bonchev–Trinajstić information content (AvgIpc) is 3.46. The number of carbonyl (C=O) groups excluding carboxylic acids is 3. The second kappa shape index (κ2) is 17.1. The van der Waals surface area contributed by atoms with Gasteiger partial charge in [0.2, 0.25) is 17.7 Å². The zero-order chi connectivity index (χ0) is 31.2. The third-order valence-corrected chi connectivity index (χ3v) is 7.91. The first-order valence-electron chi connectivity index (χ1n) is 15.4. The van der Waals surface area contributed by atoms with Gasteiger partial charge in [-0.15, -0.1) is 0 Å². The Hall–Kier alpha value is -3.36. The summed E-state index contributed by atoms with van der Waals surface area (Å²) in [4.78, 5) is 39.1. The molecule has 0 bridgehead atoms. The van der Waals surface area contributed by atoms with Crippen molar-refractivity contribution < 1.29 is 19.1 Å². The first-order valence-corrected chi connectivity index (χ1v) is 15.8. The molecule has 9 heteroatoms. The molecule has 1 aliphatic heterocycles. The number of aryl methyl sites for hydroxylation is 1. The summed E-state index contributed by atoms with van der Waals surface area (Å²) in [6, 6.07) is 14.4. The molecule has 1 spiro atoms. The standard InChI is InChI=1S/C26H38N4O4.C8H9Cl/c1-18(2)17-21-24(32)30-26(12-6-7-13-26)25(33)29-19(3)23(31)28-14-8-10-20-9-4-5-11-22(20)34-16-15-27-21;1-2-7-4-3-5-8(9)6-7/h4-5,8-11,18-19,21,27H,6-7,12-17H2,1-3H3,(H,28,31)(H,29,33)(H,30,32);3-6H,2H2,1H3/b10-8+;. The average molecular weight is 611 g/mol. The second-order valence-corrected chi connectivity index (χ2v) is 12.1. The Morgan fingerprint density at radius 1 is 1.02 bits per heavy atom. The first-order chi connectivity index (χ1) is 20.6. The quantitative estimate of drug-likeness (QED) is 0.389. The molecule has 1 saturated carbocycles. The molecular formula is C34H47ClN4O4. The number of fused-ring (bicyclic) bond motifs is 1. The molecule has 2 aromatic rings. The summed E-state index contributed by atoms with van der Waals surface area (Å²) in [6.45, 7) is 9.13. The Labute approximate surface area is 261 Å². The molecule has 4 N–H and O–H groups in total. The van der Waals surface area contributed by atoms with E-state index in [1.165, 1.54) is 5.56 Å². The summed E-state index contributed by atoms with van der Waals surface area (Å²) in [6.07, 6.45) is 8.29. The highest BCUT2D eigenvalue weighted by Crippen LogP contribution is 2.30. The van der Waals surface area contributed by atoms with Gasteiger partial charge in [0.05, 0.1) is 6.04 Å². The van der Waals surface area contributed by atoms with Gasteiger partial charge in [0.15, 0.2) is 0 Å². The van der Waals surface area contributed by atoms with E-state index in [1.54, 1.807) is 6.92 Å².